The van der Waals surface area contributed by atoms with Crippen molar-refractivity contribution in [2.45, 2.75) is 6.92 Å². The third kappa shape index (κ3) is 3.95. The maximum absolute atomic E-state index is 11.8. The minimum Gasteiger partial charge on any atom is -0.483 e. The molecule has 0 aliphatic carbocycles. The number of amides is 1. The zero-order valence-electron chi connectivity index (χ0n) is 11.7. The highest BCUT2D eigenvalue weighted by atomic mass is 35.5. The van der Waals surface area contributed by atoms with Crippen LogP contribution in [0.25, 0.3) is 0 Å². The molecule has 2 aromatic rings. The number of carbonyl (C=O) groups excluding carboxylic acids is 1. The van der Waals surface area contributed by atoms with Gasteiger partial charge in [-0.25, -0.2) is 0 Å². The van der Waals surface area contributed by atoms with Gasteiger partial charge in [-0.1, -0.05) is 29.8 Å². The number of hydrogen-bond acceptors (Lipinski definition) is 4. The van der Waals surface area contributed by atoms with Crippen LogP contribution in [0, 0.1) is 17.0 Å². The number of nitrogens with zero attached hydrogens (tertiary/aromatic N) is 1. The van der Waals surface area contributed by atoms with Gasteiger partial charge in [-0.05, 0) is 30.7 Å². The van der Waals surface area contributed by atoms with E-state index in [0.717, 1.165) is 5.56 Å². The fourth-order valence-corrected chi connectivity index (χ4v) is 1.98. The number of hydrogen-bond donors (Lipinski definition) is 1. The molecule has 0 aliphatic heterocycles. The second-order valence-corrected chi connectivity index (χ2v) is 4.93. The van der Waals surface area contributed by atoms with E-state index in [1.165, 1.54) is 18.2 Å². The molecule has 0 atom stereocenters. The number of ether oxygens (including phenoxy) is 1. The normalized spacial score (nSPS) is 10.1. The second-order valence-electron chi connectivity index (χ2n) is 4.53. The van der Waals surface area contributed by atoms with Crippen molar-refractivity contribution in [3.63, 3.8) is 0 Å². The van der Waals surface area contributed by atoms with Crippen molar-refractivity contribution in [2.24, 2.45) is 0 Å². The zero-order chi connectivity index (χ0) is 16.1. The molecule has 0 aliphatic rings. The Balaban J connectivity index is 1.99. The highest BCUT2D eigenvalue weighted by Crippen LogP contribution is 2.27. The molecule has 0 heterocycles. The van der Waals surface area contributed by atoms with Crippen LogP contribution in [0.2, 0.25) is 5.02 Å². The summed E-state index contributed by atoms with van der Waals surface area (Å²) < 4.78 is 5.40. The van der Waals surface area contributed by atoms with Gasteiger partial charge in [0.05, 0.1) is 4.92 Å². The molecule has 7 heteroatoms. The number of aryl methyl sites for hydroxylation is 1. The summed E-state index contributed by atoms with van der Waals surface area (Å²) in [6, 6.07) is 11.4. The van der Waals surface area contributed by atoms with E-state index in [1.807, 2.05) is 25.1 Å². The van der Waals surface area contributed by atoms with Gasteiger partial charge in [-0.3, -0.25) is 14.9 Å². The maximum Gasteiger partial charge on any atom is 0.289 e. The van der Waals surface area contributed by atoms with Crippen LogP contribution in [0.5, 0.6) is 5.75 Å². The van der Waals surface area contributed by atoms with Gasteiger partial charge in [0.2, 0.25) is 0 Å². The van der Waals surface area contributed by atoms with Crippen LogP contribution >= 0.6 is 11.6 Å². The summed E-state index contributed by atoms with van der Waals surface area (Å²) in [6.45, 7) is 1.68. The summed E-state index contributed by atoms with van der Waals surface area (Å²) >= 11 is 5.71. The van der Waals surface area contributed by atoms with E-state index in [4.69, 9.17) is 16.3 Å². The average molecular weight is 321 g/mol. The highest BCUT2D eigenvalue weighted by Gasteiger charge is 2.14. The van der Waals surface area contributed by atoms with Crippen molar-refractivity contribution >= 4 is 28.9 Å². The summed E-state index contributed by atoms with van der Waals surface area (Å²) in [7, 11) is 0. The molecule has 6 nitrogen and oxygen atoms in total. The third-order valence-corrected chi connectivity index (χ3v) is 3.20. The Morgan fingerprint density at radius 3 is 2.73 bits per heavy atom. The first-order chi connectivity index (χ1) is 10.5. The van der Waals surface area contributed by atoms with Crippen LogP contribution in [0.15, 0.2) is 42.5 Å². The van der Waals surface area contributed by atoms with Gasteiger partial charge in [-0.2, -0.15) is 0 Å². The van der Waals surface area contributed by atoms with Crippen molar-refractivity contribution in [1.82, 2.24) is 0 Å². The lowest BCUT2D eigenvalue weighted by molar-refractivity contribution is -0.384. The van der Waals surface area contributed by atoms with Crippen LogP contribution in [0.4, 0.5) is 11.4 Å². The molecule has 1 amide bonds. The number of para-hydroxylation sites is 1. The van der Waals surface area contributed by atoms with Crippen LogP contribution < -0.4 is 10.1 Å². The molecule has 22 heavy (non-hydrogen) atoms. The first-order valence-corrected chi connectivity index (χ1v) is 6.77. The Hall–Kier alpha value is -2.60. The van der Waals surface area contributed by atoms with Gasteiger partial charge < -0.3 is 10.1 Å². The predicted molar refractivity (Wildman–Crippen MR) is 83.4 cm³/mol. The predicted octanol–water partition coefficient (Wildman–Crippen LogP) is 3.57. The average Bonchev–Trinajstić information content (AvgIpc) is 2.48. The molecule has 0 radical (unpaired) electrons. The number of nitrogens with one attached hydrogen (secondary N) is 1. The molecule has 1 N–H and O–H groups in total. The molecule has 0 saturated heterocycles. The second kappa shape index (κ2) is 6.91. The number of halogens is 1. The number of rotatable bonds is 5. The minimum atomic E-state index is -0.609. The van der Waals surface area contributed by atoms with Gasteiger partial charge in [-0.15, -0.1) is 0 Å². The molecule has 0 fully saturated rings. The Kier molecular flexibility index (Phi) is 4.95. The molecule has 0 unspecified atom stereocenters. The maximum atomic E-state index is 11.8. The highest BCUT2D eigenvalue weighted by molar-refractivity contribution is 6.32. The number of nitro benzene ring substituents is 1. The summed E-state index contributed by atoms with van der Waals surface area (Å²) in [5.41, 5.74) is 0.936. The van der Waals surface area contributed by atoms with Gasteiger partial charge in [0.1, 0.15) is 10.8 Å². The molecule has 0 spiro atoms. The van der Waals surface area contributed by atoms with Crippen molar-refractivity contribution < 1.29 is 14.5 Å². The SMILES string of the molecule is Cc1ccccc1OCC(=O)Nc1ccc(Cl)c([N+](=O)[O-])c1. The van der Waals surface area contributed by atoms with Gasteiger partial charge >= 0.3 is 0 Å². The van der Waals surface area contributed by atoms with E-state index in [2.05, 4.69) is 5.32 Å². The Morgan fingerprint density at radius 2 is 2.05 bits per heavy atom. The molecule has 2 aromatic carbocycles. The van der Waals surface area contributed by atoms with E-state index < -0.39 is 10.8 Å². The number of nitro groups is 1. The molecule has 2 rings (SSSR count). The lowest BCUT2D eigenvalue weighted by Crippen LogP contribution is -2.20. The van der Waals surface area contributed by atoms with E-state index in [1.54, 1.807) is 6.07 Å². The van der Waals surface area contributed by atoms with Crippen LogP contribution in [-0.4, -0.2) is 17.4 Å². The standard InChI is InChI=1S/C15H13ClN2O4/c1-10-4-2-3-5-14(10)22-9-15(19)17-11-6-7-12(16)13(8-11)18(20)21/h2-8H,9H2,1H3,(H,17,19). The topological polar surface area (TPSA) is 81.5 Å². The van der Waals surface area contributed by atoms with Crippen molar-refractivity contribution in [1.29, 1.82) is 0 Å². The zero-order valence-corrected chi connectivity index (χ0v) is 12.5. The van der Waals surface area contributed by atoms with Crippen molar-refractivity contribution in [3.05, 3.63) is 63.2 Å². The molecular formula is C15H13ClN2O4. The quantitative estimate of drug-likeness (QED) is 0.674. The molecule has 0 aromatic heterocycles. The van der Waals surface area contributed by atoms with Gasteiger partial charge in [0.15, 0.2) is 6.61 Å². The van der Waals surface area contributed by atoms with E-state index >= 15 is 0 Å². The summed E-state index contributed by atoms with van der Waals surface area (Å²) in [5.74, 6) is 0.194. The molecule has 0 bridgehead atoms. The summed E-state index contributed by atoms with van der Waals surface area (Å²) in [6.07, 6.45) is 0. The van der Waals surface area contributed by atoms with E-state index in [9.17, 15) is 14.9 Å². The van der Waals surface area contributed by atoms with E-state index in [-0.39, 0.29) is 23.0 Å². The minimum absolute atomic E-state index is 0.0131. The summed E-state index contributed by atoms with van der Waals surface area (Å²) in [5, 5.41) is 13.3. The molecule has 0 saturated carbocycles. The third-order valence-electron chi connectivity index (χ3n) is 2.88. The van der Waals surface area contributed by atoms with Crippen LogP contribution in [0.1, 0.15) is 5.56 Å². The Morgan fingerprint density at radius 1 is 1.32 bits per heavy atom. The number of benzene rings is 2. The molecule has 114 valence electrons. The smallest absolute Gasteiger partial charge is 0.289 e. The lowest BCUT2D eigenvalue weighted by Gasteiger charge is -2.09. The van der Waals surface area contributed by atoms with Crippen molar-refractivity contribution in [3.8, 4) is 5.75 Å². The lowest BCUT2D eigenvalue weighted by atomic mass is 10.2. The Bertz CT molecular complexity index is 718. The molecular weight excluding hydrogens is 308 g/mol. The number of carbonyl (C=O) groups is 1. The van der Waals surface area contributed by atoms with Gasteiger partial charge in [0.25, 0.3) is 11.6 Å². The fraction of sp³-hybridized carbons (Fsp3) is 0.133. The van der Waals surface area contributed by atoms with Crippen molar-refractivity contribution in [2.75, 3.05) is 11.9 Å². The number of anilines is 1. The monoisotopic (exact) mass is 320 g/mol. The first-order valence-electron chi connectivity index (χ1n) is 6.39. The fourth-order valence-electron chi connectivity index (χ4n) is 1.79. The Labute approximate surface area is 131 Å². The van der Waals surface area contributed by atoms with Crippen LogP contribution in [0.3, 0.4) is 0 Å². The largest absolute Gasteiger partial charge is 0.483 e. The first kappa shape index (κ1) is 15.8. The summed E-state index contributed by atoms with van der Waals surface area (Å²) in [4.78, 5) is 22.0. The van der Waals surface area contributed by atoms with Crippen LogP contribution in [-0.2, 0) is 4.79 Å². The van der Waals surface area contributed by atoms with E-state index in [0.29, 0.717) is 5.75 Å². The van der Waals surface area contributed by atoms with Gasteiger partial charge in [0, 0.05) is 11.8 Å².